The molecule has 0 unspecified atom stereocenters. The number of thioether (sulfide) groups is 2. The molecule has 2 rings (SSSR count). The van der Waals surface area contributed by atoms with Gasteiger partial charge in [0, 0.05) is 9.49 Å². The number of para-hydroxylation sites is 2. The molecule has 0 N–H and O–H groups in total. The molecule has 1 aromatic heterocycles. The zero-order chi connectivity index (χ0) is 15.0. The van der Waals surface area contributed by atoms with Gasteiger partial charge in [-0.3, -0.25) is 0 Å². The van der Waals surface area contributed by atoms with E-state index in [0.717, 1.165) is 21.1 Å². The van der Waals surface area contributed by atoms with E-state index in [1.54, 1.807) is 23.5 Å². The summed E-state index contributed by atoms with van der Waals surface area (Å²) in [5.74, 6) is 0. The molecule has 0 bridgehead atoms. The van der Waals surface area contributed by atoms with Crippen molar-refractivity contribution in [1.82, 2.24) is 9.97 Å². The van der Waals surface area contributed by atoms with Gasteiger partial charge < -0.3 is 0 Å². The maximum Gasteiger partial charge on any atom is 0.130 e. The number of aromatic nitrogens is 2. The minimum atomic E-state index is 0.129. The van der Waals surface area contributed by atoms with Crippen LogP contribution in [0.2, 0.25) is 0 Å². The fraction of sp³-hybridized carbons (Fsp3) is 0.500. The fourth-order valence-electron chi connectivity index (χ4n) is 1.68. The number of hydrogen-bond acceptors (Lipinski definition) is 4. The number of rotatable bonds is 2. The average Bonchev–Trinajstić information content (AvgIpc) is 2.26. The Labute approximate surface area is 130 Å². The second-order valence-electron chi connectivity index (χ2n) is 6.75. The van der Waals surface area contributed by atoms with Crippen molar-refractivity contribution in [2.24, 2.45) is 0 Å². The average molecular weight is 307 g/mol. The third-order valence-corrected chi connectivity index (χ3v) is 4.62. The van der Waals surface area contributed by atoms with Crippen molar-refractivity contribution < 1.29 is 0 Å². The molecule has 0 atom stereocenters. The van der Waals surface area contributed by atoms with Crippen molar-refractivity contribution in [3.63, 3.8) is 0 Å². The maximum absolute atomic E-state index is 4.82. The van der Waals surface area contributed by atoms with Crippen LogP contribution in [0.1, 0.15) is 41.5 Å². The van der Waals surface area contributed by atoms with Crippen molar-refractivity contribution in [2.75, 3.05) is 0 Å². The van der Waals surface area contributed by atoms with Crippen LogP contribution in [-0.4, -0.2) is 19.5 Å². The van der Waals surface area contributed by atoms with E-state index >= 15 is 0 Å². The van der Waals surface area contributed by atoms with E-state index in [2.05, 4.69) is 41.5 Å². The highest BCUT2D eigenvalue weighted by atomic mass is 32.2. The quantitative estimate of drug-likeness (QED) is 0.693. The smallest absolute Gasteiger partial charge is 0.130 e. The zero-order valence-electron chi connectivity index (χ0n) is 13.0. The lowest BCUT2D eigenvalue weighted by Gasteiger charge is -2.22. The van der Waals surface area contributed by atoms with Gasteiger partial charge in [-0.1, -0.05) is 77.2 Å². The van der Waals surface area contributed by atoms with Gasteiger partial charge in [-0.15, -0.1) is 0 Å². The molecule has 0 aliphatic carbocycles. The van der Waals surface area contributed by atoms with Crippen LogP contribution in [0.4, 0.5) is 0 Å². The Hall–Kier alpha value is -0.740. The zero-order valence-corrected chi connectivity index (χ0v) is 14.7. The predicted molar refractivity (Wildman–Crippen MR) is 90.8 cm³/mol. The molecule has 2 aromatic rings. The van der Waals surface area contributed by atoms with Crippen molar-refractivity contribution >= 4 is 34.6 Å². The first-order valence-electron chi connectivity index (χ1n) is 6.79. The summed E-state index contributed by atoms with van der Waals surface area (Å²) >= 11 is 3.58. The van der Waals surface area contributed by atoms with Gasteiger partial charge in [0.15, 0.2) is 0 Å². The van der Waals surface area contributed by atoms with Crippen LogP contribution >= 0.6 is 23.5 Å². The van der Waals surface area contributed by atoms with E-state index in [4.69, 9.17) is 9.97 Å². The summed E-state index contributed by atoms with van der Waals surface area (Å²) in [6, 6.07) is 8.08. The van der Waals surface area contributed by atoms with Crippen LogP contribution in [0.5, 0.6) is 0 Å². The molecule has 0 saturated heterocycles. The van der Waals surface area contributed by atoms with Crippen molar-refractivity contribution in [2.45, 2.75) is 61.1 Å². The Kier molecular flexibility index (Phi) is 4.35. The van der Waals surface area contributed by atoms with E-state index in [-0.39, 0.29) is 9.49 Å². The maximum atomic E-state index is 4.82. The van der Waals surface area contributed by atoms with E-state index < -0.39 is 0 Å². The lowest BCUT2D eigenvalue weighted by Crippen LogP contribution is -2.11. The minimum Gasteiger partial charge on any atom is -0.237 e. The van der Waals surface area contributed by atoms with Crippen LogP contribution in [0.3, 0.4) is 0 Å². The van der Waals surface area contributed by atoms with Crippen LogP contribution < -0.4 is 0 Å². The lowest BCUT2D eigenvalue weighted by molar-refractivity contribution is 0.782. The fourth-order valence-corrected chi connectivity index (χ4v) is 3.64. The molecule has 0 aliphatic rings. The Bertz CT molecular complexity index is 555. The highest BCUT2D eigenvalue weighted by Gasteiger charge is 2.22. The van der Waals surface area contributed by atoms with Crippen LogP contribution in [0.25, 0.3) is 11.0 Å². The van der Waals surface area contributed by atoms with Crippen molar-refractivity contribution in [3.05, 3.63) is 24.3 Å². The second kappa shape index (κ2) is 5.57. The topological polar surface area (TPSA) is 25.8 Å². The summed E-state index contributed by atoms with van der Waals surface area (Å²) in [4.78, 5) is 9.65. The van der Waals surface area contributed by atoms with Crippen LogP contribution in [-0.2, 0) is 0 Å². The number of nitrogens with zero attached hydrogens (tertiary/aromatic N) is 2. The number of benzene rings is 1. The summed E-state index contributed by atoms with van der Waals surface area (Å²) in [5, 5.41) is 2.08. The molecule has 1 heterocycles. The van der Waals surface area contributed by atoms with Crippen molar-refractivity contribution in [3.8, 4) is 0 Å². The van der Waals surface area contributed by atoms with Crippen molar-refractivity contribution in [1.29, 1.82) is 0 Å². The summed E-state index contributed by atoms with van der Waals surface area (Å²) in [6.07, 6.45) is 0. The highest BCUT2D eigenvalue weighted by Crippen LogP contribution is 2.40. The second-order valence-corrected chi connectivity index (χ2v) is 10.4. The third-order valence-electron chi connectivity index (χ3n) is 2.31. The van der Waals surface area contributed by atoms with Gasteiger partial charge in [0.1, 0.15) is 10.1 Å². The number of hydrogen-bond donors (Lipinski definition) is 0. The van der Waals surface area contributed by atoms with Gasteiger partial charge in [-0.25, -0.2) is 9.97 Å². The normalized spacial score (nSPS) is 12.9. The summed E-state index contributed by atoms with van der Waals surface area (Å²) in [7, 11) is 0. The molecule has 0 fully saturated rings. The monoisotopic (exact) mass is 306 g/mol. The Balaban J connectivity index is 2.52. The molecule has 4 heteroatoms. The van der Waals surface area contributed by atoms with Gasteiger partial charge in [-0.2, -0.15) is 0 Å². The molecule has 0 saturated carbocycles. The van der Waals surface area contributed by atoms with E-state index in [9.17, 15) is 0 Å². The van der Waals surface area contributed by atoms with Gasteiger partial charge in [0.25, 0.3) is 0 Å². The highest BCUT2D eigenvalue weighted by molar-refractivity contribution is 8.03. The summed E-state index contributed by atoms with van der Waals surface area (Å²) in [6.45, 7) is 13.3. The molecular formula is C16H22N2S2. The Morgan fingerprint density at radius 1 is 0.700 bits per heavy atom. The van der Waals surface area contributed by atoms with Crippen LogP contribution in [0.15, 0.2) is 34.3 Å². The molecule has 2 nitrogen and oxygen atoms in total. The van der Waals surface area contributed by atoms with E-state index in [1.165, 1.54) is 0 Å². The predicted octanol–water partition coefficient (Wildman–Crippen LogP) is 5.41. The Morgan fingerprint density at radius 2 is 1.05 bits per heavy atom. The minimum absolute atomic E-state index is 0.129. The lowest BCUT2D eigenvalue weighted by atomic mass is 10.3. The largest absolute Gasteiger partial charge is 0.237 e. The first-order valence-corrected chi connectivity index (χ1v) is 8.42. The van der Waals surface area contributed by atoms with Gasteiger partial charge >= 0.3 is 0 Å². The molecule has 108 valence electrons. The van der Waals surface area contributed by atoms with E-state index in [1.807, 2.05) is 24.3 Å². The molecule has 0 aliphatic heterocycles. The molecular weight excluding hydrogens is 284 g/mol. The molecule has 0 spiro atoms. The SMILES string of the molecule is CC(C)(C)Sc1nc2ccccc2nc1SC(C)(C)C. The van der Waals surface area contributed by atoms with Gasteiger partial charge in [0.2, 0.25) is 0 Å². The summed E-state index contributed by atoms with van der Waals surface area (Å²) < 4.78 is 0.259. The Morgan fingerprint density at radius 3 is 1.35 bits per heavy atom. The molecule has 1 aromatic carbocycles. The van der Waals surface area contributed by atoms with E-state index in [0.29, 0.717) is 0 Å². The third kappa shape index (κ3) is 4.38. The van der Waals surface area contributed by atoms with Gasteiger partial charge in [0.05, 0.1) is 11.0 Å². The standard InChI is InChI=1S/C16H22N2S2/c1-15(2,3)19-13-14(20-16(4,5)6)18-12-10-8-7-9-11(12)17-13/h7-10H,1-6H3. The molecule has 0 radical (unpaired) electrons. The first kappa shape index (κ1) is 15.6. The molecule has 0 amide bonds. The van der Waals surface area contributed by atoms with Gasteiger partial charge in [-0.05, 0) is 12.1 Å². The summed E-state index contributed by atoms with van der Waals surface area (Å²) in [5.41, 5.74) is 1.94. The molecule has 20 heavy (non-hydrogen) atoms. The number of fused-ring (bicyclic) bond motifs is 1. The first-order chi connectivity index (χ1) is 9.14. The van der Waals surface area contributed by atoms with Crippen LogP contribution in [0, 0.1) is 0 Å².